The van der Waals surface area contributed by atoms with Crippen LogP contribution in [0.3, 0.4) is 0 Å². The van der Waals surface area contributed by atoms with Crippen LogP contribution in [0.2, 0.25) is 0 Å². The molecule has 0 saturated heterocycles. The van der Waals surface area contributed by atoms with E-state index in [1.54, 1.807) is 0 Å². The van der Waals surface area contributed by atoms with Crippen molar-refractivity contribution in [3.8, 4) is 0 Å². The van der Waals surface area contributed by atoms with Gasteiger partial charge in [0.25, 0.3) is 0 Å². The molecule has 0 spiro atoms. The zero-order chi connectivity index (χ0) is 8.74. The summed E-state index contributed by atoms with van der Waals surface area (Å²) in [5, 5.41) is 30.9. The molecule has 0 aliphatic heterocycles. The number of alkyl halides is 2. The van der Waals surface area contributed by atoms with E-state index < -0.39 is 3.55 Å². The molecule has 0 radical (unpaired) electrons. The fourth-order valence-corrected chi connectivity index (χ4v) is 2.15. The van der Waals surface area contributed by atoms with E-state index in [2.05, 4.69) is 0 Å². The van der Waals surface area contributed by atoms with Crippen LogP contribution in [-0.4, -0.2) is 21.6 Å². The standard InChI is InChI=1S/C4H13IN3O3/c1-5-4(8-11,2-6-9)3-7-10/h2-3,6-8H2,1H3/q-1. The van der Waals surface area contributed by atoms with Crippen molar-refractivity contribution in [2.45, 2.75) is 3.55 Å². The van der Waals surface area contributed by atoms with Gasteiger partial charge in [-0.25, -0.2) is 0 Å². The van der Waals surface area contributed by atoms with Gasteiger partial charge < -0.3 is 0 Å². The Bertz CT molecular complexity index is 92.6. The fraction of sp³-hybridized carbons (Fsp3) is 1.00. The molecule has 0 aliphatic carbocycles. The van der Waals surface area contributed by atoms with Crippen molar-refractivity contribution in [2.24, 2.45) is 0 Å². The number of hydrogen-bond donors (Lipinski definition) is 3. The normalized spacial score (nSPS) is 12.4. The van der Waals surface area contributed by atoms with Crippen LogP contribution in [0.1, 0.15) is 0 Å². The summed E-state index contributed by atoms with van der Waals surface area (Å²) in [4.78, 5) is 1.90. The third-order valence-corrected chi connectivity index (χ3v) is 4.72. The molecule has 0 fully saturated rings. The second-order valence-corrected chi connectivity index (χ2v) is 5.31. The van der Waals surface area contributed by atoms with Crippen molar-refractivity contribution in [1.82, 2.24) is 0 Å². The molecular weight excluding hydrogens is 265 g/mol. The molecule has 6 nitrogen and oxygen atoms in total. The fourth-order valence-electron chi connectivity index (χ4n) is 0.655. The monoisotopic (exact) mass is 278 g/mol. The Labute approximate surface area is 75.1 Å². The molecule has 0 amide bonds. The van der Waals surface area contributed by atoms with Crippen LogP contribution in [0.25, 0.3) is 0 Å². The number of hydroxylamine groups is 3. The third-order valence-electron chi connectivity index (χ3n) is 1.43. The van der Waals surface area contributed by atoms with E-state index in [1.165, 1.54) is 0 Å². The molecule has 0 bridgehead atoms. The molecule has 0 aromatic carbocycles. The van der Waals surface area contributed by atoms with Gasteiger partial charge in [0.05, 0.1) is 0 Å². The van der Waals surface area contributed by atoms with Gasteiger partial charge in [0, 0.05) is 0 Å². The van der Waals surface area contributed by atoms with Gasteiger partial charge in [-0.15, -0.1) is 0 Å². The van der Waals surface area contributed by atoms with Crippen molar-refractivity contribution in [3.05, 3.63) is 15.6 Å². The Balaban J connectivity index is 3.96. The van der Waals surface area contributed by atoms with Crippen molar-refractivity contribution in [1.29, 1.82) is 0 Å². The van der Waals surface area contributed by atoms with Crippen LogP contribution >= 0.6 is 0 Å². The van der Waals surface area contributed by atoms with Crippen molar-refractivity contribution in [3.63, 3.8) is 0 Å². The average Bonchev–Trinajstić information content (AvgIpc) is 2.04. The molecule has 70 valence electrons. The average molecular weight is 278 g/mol. The second kappa shape index (κ2) is 6.06. The van der Waals surface area contributed by atoms with Gasteiger partial charge >= 0.3 is 74.8 Å². The van der Waals surface area contributed by atoms with Crippen LogP contribution in [-0.2, 0) is 0 Å². The van der Waals surface area contributed by atoms with Crippen LogP contribution in [0.4, 0.5) is 0 Å². The van der Waals surface area contributed by atoms with E-state index in [0.717, 1.165) is 5.48 Å². The maximum atomic E-state index is 10.5. The molecular formula is C4H13IN3O3-. The summed E-state index contributed by atoms with van der Waals surface area (Å²) < 4.78 is -0.623. The molecule has 0 unspecified atom stereocenters. The van der Waals surface area contributed by atoms with Gasteiger partial charge in [-0.1, -0.05) is 0 Å². The van der Waals surface area contributed by atoms with Crippen LogP contribution < -0.4 is 37.6 Å². The van der Waals surface area contributed by atoms with Gasteiger partial charge in [0.2, 0.25) is 0 Å². The first-order valence-electron chi connectivity index (χ1n) is 3.09. The summed E-state index contributed by atoms with van der Waals surface area (Å²) in [6.07, 6.45) is 0. The van der Waals surface area contributed by atoms with Gasteiger partial charge in [-0.3, -0.25) is 0 Å². The number of halogens is 1. The van der Waals surface area contributed by atoms with E-state index in [0.29, 0.717) is 11.0 Å². The quantitative estimate of drug-likeness (QED) is 0.194. The zero-order valence-corrected chi connectivity index (χ0v) is 8.41. The Morgan fingerprint density at radius 1 is 1.18 bits per heavy atom. The molecule has 0 heterocycles. The molecule has 0 saturated carbocycles. The predicted octanol–water partition coefficient (Wildman–Crippen LogP) is -7.41. The second-order valence-electron chi connectivity index (χ2n) is 2.08. The SMILES string of the molecule is C[I-]C(C[NH2+][O-])(C[NH2+][O-])[NH2+][O-]. The van der Waals surface area contributed by atoms with Crippen molar-refractivity contribution in [2.75, 3.05) is 18.0 Å². The summed E-state index contributed by atoms with van der Waals surface area (Å²) >= 11 is -0.389. The molecule has 0 rings (SSSR count). The summed E-state index contributed by atoms with van der Waals surface area (Å²) in [7, 11) is 0. The Hall–Kier alpha value is 0.490. The Morgan fingerprint density at radius 2 is 1.64 bits per heavy atom. The van der Waals surface area contributed by atoms with E-state index in [9.17, 15) is 15.6 Å². The van der Waals surface area contributed by atoms with Gasteiger partial charge in [0.1, 0.15) is 0 Å². The minimum absolute atomic E-state index is 0.193. The van der Waals surface area contributed by atoms with E-state index in [4.69, 9.17) is 0 Å². The molecule has 0 atom stereocenters. The first kappa shape index (κ1) is 11.5. The summed E-state index contributed by atoms with van der Waals surface area (Å²) in [5.74, 6) is 0. The van der Waals surface area contributed by atoms with Crippen molar-refractivity contribution < 1.29 is 37.6 Å². The Kier molecular flexibility index (Phi) is 6.33. The van der Waals surface area contributed by atoms with Gasteiger partial charge in [-0.05, 0) is 0 Å². The van der Waals surface area contributed by atoms with E-state index in [-0.39, 0.29) is 34.3 Å². The third kappa shape index (κ3) is 3.60. The molecule has 6 N–H and O–H groups in total. The molecule has 0 aromatic rings. The molecule has 11 heavy (non-hydrogen) atoms. The number of hydrogen-bond acceptors (Lipinski definition) is 3. The number of nitrogens with two attached hydrogens (primary N) is 3. The first-order chi connectivity index (χ1) is 5.24. The van der Waals surface area contributed by atoms with Crippen LogP contribution in [0.15, 0.2) is 0 Å². The molecule has 0 aliphatic rings. The van der Waals surface area contributed by atoms with Crippen LogP contribution in [0, 0.1) is 15.6 Å². The number of quaternary nitrogens is 3. The number of rotatable bonds is 6. The summed E-state index contributed by atoms with van der Waals surface area (Å²) in [6, 6.07) is 0. The topological polar surface area (TPSA) is 119 Å². The van der Waals surface area contributed by atoms with Gasteiger partial charge in [-0.2, -0.15) is 0 Å². The summed E-state index contributed by atoms with van der Waals surface area (Å²) in [5.41, 5.74) is 2.17. The predicted molar refractivity (Wildman–Crippen MR) is 34.3 cm³/mol. The molecule has 7 heteroatoms. The van der Waals surface area contributed by atoms with E-state index >= 15 is 0 Å². The zero-order valence-electron chi connectivity index (χ0n) is 6.25. The summed E-state index contributed by atoms with van der Waals surface area (Å²) in [6.45, 7) is 0.387. The minimum atomic E-state index is -0.623. The molecule has 0 aromatic heterocycles. The maximum absolute atomic E-state index is 10.5. The van der Waals surface area contributed by atoms with E-state index in [1.807, 2.05) is 4.93 Å². The van der Waals surface area contributed by atoms with Crippen molar-refractivity contribution >= 4 is 0 Å². The van der Waals surface area contributed by atoms with Crippen LogP contribution in [0.5, 0.6) is 0 Å². The Morgan fingerprint density at radius 3 is 1.82 bits per heavy atom. The van der Waals surface area contributed by atoms with Gasteiger partial charge in [0.15, 0.2) is 0 Å². The first-order valence-corrected chi connectivity index (χ1v) is 6.32.